The summed E-state index contributed by atoms with van der Waals surface area (Å²) in [5, 5.41) is 10.9. The molecule has 0 saturated carbocycles. The normalized spacial score (nSPS) is 17.6. The van der Waals surface area contributed by atoms with Gasteiger partial charge in [-0.25, -0.2) is 4.98 Å². The Hall–Kier alpha value is -2.22. The molecule has 2 aromatic rings. The van der Waals surface area contributed by atoms with Gasteiger partial charge >= 0.3 is 0 Å². The Morgan fingerprint density at radius 1 is 1.38 bits per heavy atom. The van der Waals surface area contributed by atoms with Gasteiger partial charge in [-0.15, -0.1) is 21.5 Å². The van der Waals surface area contributed by atoms with Crippen molar-refractivity contribution in [2.24, 2.45) is 0 Å². The SMILES string of the molecule is Cc1nc(C(=O)N2CCCC(Oc3ccc(N(C)C)nn3)C2)cs1. The lowest BCUT2D eigenvalue weighted by atomic mass is 10.1. The van der Waals surface area contributed by atoms with E-state index in [2.05, 4.69) is 15.2 Å². The van der Waals surface area contributed by atoms with Crippen molar-refractivity contribution < 1.29 is 9.53 Å². The van der Waals surface area contributed by atoms with Gasteiger partial charge in [-0.2, -0.15) is 0 Å². The second-order valence-electron chi connectivity index (χ2n) is 6.01. The molecule has 7 nitrogen and oxygen atoms in total. The highest BCUT2D eigenvalue weighted by atomic mass is 32.1. The summed E-state index contributed by atoms with van der Waals surface area (Å²) in [6, 6.07) is 3.68. The summed E-state index contributed by atoms with van der Waals surface area (Å²) >= 11 is 1.49. The van der Waals surface area contributed by atoms with Crippen molar-refractivity contribution in [3.8, 4) is 5.88 Å². The molecule has 1 fully saturated rings. The van der Waals surface area contributed by atoms with Crippen molar-refractivity contribution in [2.45, 2.75) is 25.9 Å². The van der Waals surface area contributed by atoms with Gasteiger partial charge in [-0.1, -0.05) is 0 Å². The number of thiazole rings is 1. The predicted octanol–water partition coefficient (Wildman–Crippen LogP) is 1.99. The first kappa shape index (κ1) is 16.6. The molecular formula is C16H21N5O2S. The molecule has 1 unspecified atom stereocenters. The lowest BCUT2D eigenvalue weighted by molar-refractivity contribution is 0.0521. The molecule has 3 rings (SSSR count). The highest BCUT2D eigenvalue weighted by molar-refractivity contribution is 7.09. The Morgan fingerprint density at radius 2 is 2.21 bits per heavy atom. The van der Waals surface area contributed by atoms with E-state index in [0.29, 0.717) is 18.1 Å². The van der Waals surface area contributed by atoms with Crippen LogP contribution >= 0.6 is 11.3 Å². The van der Waals surface area contributed by atoms with Gasteiger partial charge in [-0.05, 0) is 25.8 Å². The van der Waals surface area contributed by atoms with Gasteiger partial charge in [0, 0.05) is 32.1 Å². The molecule has 3 heterocycles. The van der Waals surface area contributed by atoms with Crippen LogP contribution < -0.4 is 9.64 Å². The molecule has 0 spiro atoms. The summed E-state index contributed by atoms with van der Waals surface area (Å²) in [4.78, 5) is 20.5. The highest BCUT2D eigenvalue weighted by Gasteiger charge is 2.27. The Balaban J connectivity index is 1.62. The number of carbonyl (C=O) groups excluding carboxylic acids is 1. The minimum Gasteiger partial charge on any atom is -0.471 e. The maximum absolute atomic E-state index is 12.5. The van der Waals surface area contributed by atoms with Crippen LogP contribution in [0.2, 0.25) is 0 Å². The number of aryl methyl sites for hydroxylation is 1. The Kier molecular flexibility index (Phi) is 4.94. The number of rotatable bonds is 4. The molecule has 1 saturated heterocycles. The number of hydrogen-bond donors (Lipinski definition) is 0. The number of amides is 1. The van der Waals surface area contributed by atoms with Crippen LogP contribution in [-0.2, 0) is 0 Å². The van der Waals surface area contributed by atoms with E-state index in [1.54, 1.807) is 0 Å². The molecule has 2 aromatic heterocycles. The number of piperidine rings is 1. The molecule has 1 aliphatic rings. The second kappa shape index (κ2) is 7.12. The average molecular weight is 347 g/mol. The topological polar surface area (TPSA) is 71.5 Å². The fourth-order valence-electron chi connectivity index (χ4n) is 2.63. The van der Waals surface area contributed by atoms with Crippen molar-refractivity contribution in [3.05, 3.63) is 28.2 Å². The number of carbonyl (C=O) groups is 1. The first-order valence-electron chi connectivity index (χ1n) is 7.92. The van der Waals surface area contributed by atoms with Crippen LogP contribution in [-0.4, -0.2) is 59.3 Å². The summed E-state index contributed by atoms with van der Waals surface area (Å²) in [6.07, 6.45) is 1.74. The molecule has 0 bridgehead atoms. The molecule has 128 valence electrons. The van der Waals surface area contributed by atoms with E-state index in [1.807, 2.05) is 48.3 Å². The highest BCUT2D eigenvalue weighted by Crippen LogP contribution is 2.20. The monoisotopic (exact) mass is 347 g/mol. The summed E-state index contributed by atoms with van der Waals surface area (Å²) in [5.74, 6) is 1.24. The fourth-order valence-corrected chi connectivity index (χ4v) is 3.21. The van der Waals surface area contributed by atoms with Crippen LogP contribution in [0.3, 0.4) is 0 Å². The van der Waals surface area contributed by atoms with E-state index in [4.69, 9.17) is 4.74 Å². The standard InChI is InChI=1S/C16H21N5O2S/c1-11-17-13(10-24-11)16(22)21-8-4-5-12(9-21)23-15-7-6-14(18-19-15)20(2)3/h6-7,10,12H,4-5,8-9H2,1-3H3. The van der Waals surface area contributed by atoms with Crippen LogP contribution in [0.4, 0.5) is 5.82 Å². The van der Waals surface area contributed by atoms with Crippen molar-refractivity contribution in [2.75, 3.05) is 32.1 Å². The molecule has 0 radical (unpaired) electrons. The quantitative estimate of drug-likeness (QED) is 0.842. The zero-order chi connectivity index (χ0) is 17.1. The number of anilines is 1. The maximum Gasteiger partial charge on any atom is 0.273 e. The molecule has 0 aromatic carbocycles. The zero-order valence-electron chi connectivity index (χ0n) is 14.1. The fraction of sp³-hybridized carbons (Fsp3) is 0.500. The molecule has 1 amide bonds. The van der Waals surface area contributed by atoms with Crippen LogP contribution in [0.1, 0.15) is 28.3 Å². The lowest BCUT2D eigenvalue weighted by Crippen LogP contribution is -2.44. The Labute approximate surface area is 145 Å². The molecule has 24 heavy (non-hydrogen) atoms. The van der Waals surface area contributed by atoms with Gasteiger partial charge in [0.15, 0.2) is 5.82 Å². The van der Waals surface area contributed by atoms with Crippen LogP contribution in [0, 0.1) is 6.92 Å². The third kappa shape index (κ3) is 3.81. The summed E-state index contributed by atoms with van der Waals surface area (Å²) in [5.41, 5.74) is 0.522. The summed E-state index contributed by atoms with van der Waals surface area (Å²) < 4.78 is 5.91. The van der Waals surface area contributed by atoms with E-state index in [-0.39, 0.29) is 12.0 Å². The number of likely N-dealkylation sites (tertiary alicyclic amines) is 1. The first-order chi connectivity index (χ1) is 11.5. The molecule has 0 aliphatic carbocycles. The van der Waals surface area contributed by atoms with Gasteiger partial charge in [-0.3, -0.25) is 4.79 Å². The minimum absolute atomic E-state index is 0.0262. The second-order valence-corrected chi connectivity index (χ2v) is 7.07. The maximum atomic E-state index is 12.5. The van der Waals surface area contributed by atoms with Crippen molar-refractivity contribution >= 4 is 23.1 Å². The van der Waals surface area contributed by atoms with E-state index < -0.39 is 0 Å². The van der Waals surface area contributed by atoms with Crippen molar-refractivity contribution in [1.82, 2.24) is 20.1 Å². The van der Waals surface area contributed by atoms with E-state index in [1.165, 1.54) is 11.3 Å². The molecule has 1 aliphatic heterocycles. The molecule has 1 atom stereocenters. The molecule has 0 N–H and O–H groups in total. The number of aromatic nitrogens is 3. The average Bonchev–Trinajstić information content (AvgIpc) is 3.01. The largest absolute Gasteiger partial charge is 0.471 e. The van der Waals surface area contributed by atoms with Crippen LogP contribution in [0.15, 0.2) is 17.5 Å². The van der Waals surface area contributed by atoms with E-state index in [0.717, 1.165) is 30.2 Å². The van der Waals surface area contributed by atoms with E-state index >= 15 is 0 Å². The van der Waals surface area contributed by atoms with Gasteiger partial charge in [0.1, 0.15) is 11.8 Å². The van der Waals surface area contributed by atoms with E-state index in [9.17, 15) is 4.79 Å². The molecule has 8 heteroatoms. The predicted molar refractivity (Wildman–Crippen MR) is 92.8 cm³/mol. The van der Waals surface area contributed by atoms with Crippen molar-refractivity contribution in [3.63, 3.8) is 0 Å². The van der Waals surface area contributed by atoms with Crippen molar-refractivity contribution in [1.29, 1.82) is 0 Å². The van der Waals surface area contributed by atoms with Gasteiger partial charge in [0.2, 0.25) is 5.88 Å². The van der Waals surface area contributed by atoms with Gasteiger partial charge in [0.05, 0.1) is 11.6 Å². The first-order valence-corrected chi connectivity index (χ1v) is 8.80. The Morgan fingerprint density at radius 3 is 2.83 bits per heavy atom. The smallest absolute Gasteiger partial charge is 0.273 e. The molecular weight excluding hydrogens is 326 g/mol. The number of hydrogen-bond acceptors (Lipinski definition) is 7. The summed E-state index contributed by atoms with van der Waals surface area (Å²) in [7, 11) is 3.82. The number of nitrogens with zero attached hydrogens (tertiary/aromatic N) is 5. The third-order valence-corrected chi connectivity index (χ3v) is 4.65. The number of ether oxygens (including phenoxy) is 1. The van der Waals surface area contributed by atoms with Crippen LogP contribution in [0.25, 0.3) is 0 Å². The zero-order valence-corrected chi connectivity index (χ0v) is 14.9. The third-order valence-electron chi connectivity index (χ3n) is 3.88. The minimum atomic E-state index is -0.0676. The summed E-state index contributed by atoms with van der Waals surface area (Å²) in [6.45, 7) is 3.19. The van der Waals surface area contributed by atoms with Crippen LogP contribution in [0.5, 0.6) is 5.88 Å². The van der Waals surface area contributed by atoms with Gasteiger partial charge < -0.3 is 14.5 Å². The lowest BCUT2D eigenvalue weighted by Gasteiger charge is -2.32. The van der Waals surface area contributed by atoms with Gasteiger partial charge in [0.25, 0.3) is 5.91 Å². The Bertz CT molecular complexity index is 701.